The van der Waals surface area contributed by atoms with Crippen LogP contribution in [0.4, 0.5) is 0 Å². The number of nitrogens with zero attached hydrogens (tertiary/aromatic N) is 1. The Morgan fingerprint density at radius 1 is 1.28 bits per heavy atom. The number of aldehydes is 1. The molecule has 92 valence electrons. The highest BCUT2D eigenvalue weighted by atomic mass is 35.5. The van der Waals surface area contributed by atoms with Gasteiger partial charge in [-0.05, 0) is 25.1 Å². The van der Waals surface area contributed by atoms with Crippen LogP contribution in [0, 0.1) is 6.92 Å². The predicted octanol–water partition coefficient (Wildman–Crippen LogP) is 3.43. The molecule has 0 aliphatic carbocycles. The first-order valence-electron chi connectivity index (χ1n) is 5.49. The number of aryl methyl sites for hydroxylation is 1. The number of halogens is 1. The topological polar surface area (TPSA) is 39.2 Å². The monoisotopic (exact) mass is 261 g/mol. The van der Waals surface area contributed by atoms with Crippen LogP contribution >= 0.6 is 11.6 Å². The van der Waals surface area contributed by atoms with Gasteiger partial charge in [-0.2, -0.15) is 0 Å². The molecule has 2 rings (SSSR count). The summed E-state index contributed by atoms with van der Waals surface area (Å²) in [6.07, 6.45) is 0.689. The number of hydrogen-bond acceptors (Lipinski definition) is 3. The lowest BCUT2D eigenvalue weighted by Crippen LogP contribution is -2.01. The van der Waals surface area contributed by atoms with Crippen LogP contribution in [0.5, 0.6) is 5.75 Å². The molecule has 1 heterocycles. The van der Waals surface area contributed by atoms with Gasteiger partial charge in [-0.25, -0.2) is 4.98 Å². The van der Waals surface area contributed by atoms with Gasteiger partial charge in [-0.3, -0.25) is 4.79 Å². The highest BCUT2D eigenvalue weighted by Crippen LogP contribution is 2.20. The summed E-state index contributed by atoms with van der Waals surface area (Å²) >= 11 is 6.02. The van der Waals surface area contributed by atoms with Gasteiger partial charge in [0.1, 0.15) is 18.1 Å². The number of rotatable bonds is 4. The molecule has 1 aromatic carbocycles. The molecule has 0 spiro atoms. The molecule has 0 atom stereocenters. The van der Waals surface area contributed by atoms with Crippen molar-refractivity contribution in [3.8, 4) is 5.75 Å². The van der Waals surface area contributed by atoms with E-state index in [0.717, 1.165) is 11.3 Å². The number of benzene rings is 1. The summed E-state index contributed by atoms with van der Waals surface area (Å²) < 4.78 is 5.57. The number of pyridine rings is 1. The second-order valence-corrected chi connectivity index (χ2v) is 4.24. The minimum Gasteiger partial charge on any atom is -0.486 e. The van der Waals surface area contributed by atoms with E-state index in [2.05, 4.69) is 4.98 Å². The third-order valence-electron chi connectivity index (χ3n) is 2.48. The van der Waals surface area contributed by atoms with Crippen LogP contribution in [-0.4, -0.2) is 11.3 Å². The molecule has 0 radical (unpaired) electrons. The summed E-state index contributed by atoms with van der Waals surface area (Å²) in [5.74, 6) is 0.468. The van der Waals surface area contributed by atoms with Crippen molar-refractivity contribution in [2.75, 3.05) is 0 Å². The van der Waals surface area contributed by atoms with E-state index in [-0.39, 0.29) is 0 Å². The number of carbonyl (C=O) groups excluding carboxylic acids is 1. The van der Waals surface area contributed by atoms with Gasteiger partial charge in [-0.15, -0.1) is 0 Å². The molecule has 0 N–H and O–H groups in total. The van der Waals surface area contributed by atoms with Crippen LogP contribution in [0.25, 0.3) is 0 Å². The standard InChI is InChI=1S/C14H12ClNO2/c1-10-6-7-14(13(8-17)16-10)18-9-11-4-2-3-5-12(11)15/h2-8H,9H2,1H3. The first-order valence-corrected chi connectivity index (χ1v) is 5.87. The van der Waals surface area contributed by atoms with Gasteiger partial charge in [0.15, 0.2) is 6.29 Å². The quantitative estimate of drug-likeness (QED) is 0.792. The van der Waals surface area contributed by atoms with Crippen molar-refractivity contribution in [3.63, 3.8) is 0 Å². The normalized spacial score (nSPS) is 10.1. The molecular weight excluding hydrogens is 250 g/mol. The smallest absolute Gasteiger partial charge is 0.172 e. The Bertz CT molecular complexity index is 569. The third-order valence-corrected chi connectivity index (χ3v) is 2.85. The Hall–Kier alpha value is -1.87. The number of aromatic nitrogens is 1. The molecule has 18 heavy (non-hydrogen) atoms. The van der Waals surface area contributed by atoms with E-state index in [0.29, 0.717) is 29.4 Å². The SMILES string of the molecule is Cc1ccc(OCc2ccccc2Cl)c(C=O)n1. The van der Waals surface area contributed by atoms with Gasteiger partial charge in [0.2, 0.25) is 0 Å². The highest BCUT2D eigenvalue weighted by Gasteiger charge is 2.06. The summed E-state index contributed by atoms with van der Waals surface area (Å²) in [7, 11) is 0. The number of hydrogen-bond donors (Lipinski definition) is 0. The number of carbonyl (C=O) groups is 1. The van der Waals surface area contributed by atoms with Crippen molar-refractivity contribution in [3.05, 3.63) is 58.4 Å². The minimum absolute atomic E-state index is 0.307. The van der Waals surface area contributed by atoms with Gasteiger partial charge < -0.3 is 4.74 Å². The summed E-state index contributed by atoms with van der Waals surface area (Å²) in [6.45, 7) is 2.14. The Labute approximate surface area is 110 Å². The third kappa shape index (κ3) is 2.87. The molecule has 4 heteroatoms. The summed E-state index contributed by atoms with van der Waals surface area (Å²) in [4.78, 5) is 15.0. The zero-order chi connectivity index (χ0) is 13.0. The first kappa shape index (κ1) is 12.6. The van der Waals surface area contributed by atoms with E-state index in [1.165, 1.54) is 0 Å². The Morgan fingerprint density at radius 2 is 2.06 bits per heavy atom. The van der Waals surface area contributed by atoms with E-state index < -0.39 is 0 Å². The van der Waals surface area contributed by atoms with Crippen molar-refractivity contribution < 1.29 is 9.53 Å². The average molecular weight is 262 g/mol. The Balaban J connectivity index is 2.16. The Morgan fingerprint density at radius 3 is 2.78 bits per heavy atom. The van der Waals surface area contributed by atoms with E-state index in [9.17, 15) is 4.79 Å². The van der Waals surface area contributed by atoms with Crippen molar-refractivity contribution in [2.24, 2.45) is 0 Å². The van der Waals surface area contributed by atoms with Gasteiger partial charge in [0.05, 0.1) is 0 Å². The number of ether oxygens (including phenoxy) is 1. The lowest BCUT2D eigenvalue weighted by molar-refractivity contribution is 0.111. The molecule has 0 aliphatic heterocycles. The maximum atomic E-state index is 10.9. The van der Waals surface area contributed by atoms with Crippen LogP contribution in [0.3, 0.4) is 0 Å². The van der Waals surface area contributed by atoms with E-state index in [4.69, 9.17) is 16.3 Å². The van der Waals surface area contributed by atoms with Crippen LogP contribution in [0.2, 0.25) is 5.02 Å². The summed E-state index contributed by atoms with van der Waals surface area (Å²) in [5, 5.41) is 0.644. The predicted molar refractivity (Wildman–Crippen MR) is 70.1 cm³/mol. The van der Waals surface area contributed by atoms with Crippen molar-refractivity contribution in [1.82, 2.24) is 4.98 Å². The lowest BCUT2D eigenvalue weighted by Gasteiger charge is -2.09. The second-order valence-electron chi connectivity index (χ2n) is 3.83. The maximum Gasteiger partial charge on any atom is 0.172 e. The fourth-order valence-electron chi connectivity index (χ4n) is 1.54. The highest BCUT2D eigenvalue weighted by molar-refractivity contribution is 6.31. The van der Waals surface area contributed by atoms with Gasteiger partial charge in [0, 0.05) is 16.3 Å². The molecule has 3 nitrogen and oxygen atoms in total. The molecule has 0 saturated heterocycles. The molecule has 0 aliphatic rings. The van der Waals surface area contributed by atoms with E-state index in [1.54, 1.807) is 18.2 Å². The van der Waals surface area contributed by atoms with Gasteiger partial charge in [0.25, 0.3) is 0 Å². The molecule has 0 fully saturated rings. The van der Waals surface area contributed by atoms with E-state index >= 15 is 0 Å². The average Bonchev–Trinajstić information content (AvgIpc) is 2.39. The van der Waals surface area contributed by atoms with Crippen LogP contribution in [0.15, 0.2) is 36.4 Å². The van der Waals surface area contributed by atoms with Crippen molar-refractivity contribution >= 4 is 17.9 Å². The van der Waals surface area contributed by atoms with E-state index in [1.807, 2.05) is 25.1 Å². The first-order chi connectivity index (χ1) is 8.70. The van der Waals surface area contributed by atoms with Crippen molar-refractivity contribution in [1.29, 1.82) is 0 Å². The lowest BCUT2D eigenvalue weighted by atomic mass is 10.2. The van der Waals surface area contributed by atoms with Crippen LogP contribution in [-0.2, 0) is 6.61 Å². The Kier molecular flexibility index (Phi) is 3.95. The van der Waals surface area contributed by atoms with Gasteiger partial charge >= 0.3 is 0 Å². The zero-order valence-corrected chi connectivity index (χ0v) is 10.6. The molecule has 0 unspecified atom stereocenters. The summed E-state index contributed by atoms with van der Waals surface area (Å²) in [5.41, 5.74) is 1.96. The maximum absolute atomic E-state index is 10.9. The molecule has 0 bridgehead atoms. The molecule has 2 aromatic rings. The fraction of sp³-hybridized carbons (Fsp3) is 0.143. The van der Waals surface area contributed by atoms with Crippen LogP contribution in [0.1, 0.15) is 21.7 Å². The molecule has 0 amide bonds. The van der Waals surface area contributed by atoms with Crippen LogP contribution < -0.4 is 4.74 Å². The zero-order valence-electron chi connectivity index (χ0n) is 9.89. The summed E-state index contributed by atoms with van der Waals surface area (Å²) in [6, 6.07) is 11.0. The largest absolute Gasteiger partial charge is 0.486 e. The minimum atomic E-state index is 0.307. The van der Waals surface area contributed by atoms with Gasteiger partial charge in [-0.1, -0.05) is 29.8 Å². The van der Waals surface area contributed by atoms with Crippen molar-refractivity contribution in [2.45, 2.75) is 13.5 Å². The molecule has 1 aromatic heterocycles. The molecular formula is C14H12ClNO2. The second kappa shape index (κ2) is 5.65. The fourth-order valence-corrected chi connectivity index (χ4v) is 1.73. The molecule has 0 saturated carbocycles.